The number of hydrogen-bond donors (Lipinski definition) is 1. The molecule has 2 N–H and O–H groups in total. The zero-order chi connectivity index (χ0) is 12.0. The monoisotopic (exact) mass is 292 g/mol. The van der Waals surface area contributed by atoms with Crippen LogP contribution in [-0.4, -0.2) is 11.6 Å². The standard InChI is InChI=1S/C13H13BrN2O/c1-7-2-3-8-12(15)9-6-17-5-4-10(9)16-13(8)11(7)14/h2-3H,4-6H2,1H3,(H2,15,16). The van der Waals surface area contributed by atoms with Crippen LogP contribution in [0.4, 0.5) is 5.69 Å². The van der Waals surface area contributed by atoms with Crippen molar-refractivity contribution in [3.63, 3.8) is 0 Å². The highest BCUT2D eigenvalue weighted by Gasteiger charge is 2.18. The average Bonchev–Trinajstić information content (AvgIpc) is 2.35. The highest BCUT2D eigenvalue weighted by Crippen LogP contribution is 2.34. The van der Waals surface area contributed by atoms with Gasteiger partial charge in [-0.3, -0.25) is 4.98 Å². The van der Waals surface area contributed by atoms with Crippen molar-refractivity contribution < 1.29 is 4.74 Å². The van der Waals surface area contributed by atoms with Crippen LogP contribution < -0.4 is 5.73 Å². The van der Waals surface area contributed by atoms with E-state index in [1.54, 1.807) is 0 Å². The van der Waals surface area contributed by atoms with Gasteiger partial charge < -0.3 is 10.5 Å². The van der Waals surface area contributed by atoms with Crippen molar-refractivity contribution in [2.75, 3.05) is 12.3 Å². The Kier molecular flexibility index (Phi) is 2.56. The molecule has 0 fully saturated rings. The molecule has 0 unspecified atom stereocenters. The minimum Gasteiger partial charge on any atom is -0.398 e. The van der Waals surface area contributed by atoms with Crippen molar-refractivity contribution in [2.45, 2.75) is 20.0 Å². The summed E-state index contributed by atoms with van der Waals surface area (Å²) in [6, 6.07) is 4.09. The van der Waals surface area contributed by atoms with Crippen LogP contribution >= 0.6 is 15.9 Å². The van der Waals surface area contributed by atoms with E-state index in [4.69, 9.17) is 15.5 Å². The molecule has 0 bridgehead atoms. The van der Waals surface area contributed by atoms with Gasteiger partial charge in [-0.2, -0.15) is 0 Å². The van der Waals surface area contributed by atoms with Crippen LogP contribution in [-0.2, 0) is 17.8 Å². The minimum atomic E-state index is 0.579. The Morgan fingerprint density at radius 1 is 1.41 bits per heavy atom. The third-order valence-corrected chi connectivity index (χ3v) is 4.25. The summed E-state index contributed by atoms with van der Waals surface area (Å²) in [5.74, 6) is 0. The van der Waals surface area contributed by atoms with Crippen molar-refractivity contribution in [3.8, 4) is 0 Å². The van der Waals surface area contributed by atoms with Gasteiger partial charge in [-0.1, -0.05) is 12.1 Å². The van der Waals surface area contributed by atoms with Gasteiger partial charge in [-0.05, 0) is 28.4 Å². The molecule has 0 atom stereocenters. The molecule has 3 nitrogen and oxygen atoms in total. The molecule has 0 radical (unpaired) electrons. The van der Waals surface area contributed by atoms with Crippen LogP contribution in [0.2, 0.25) is 0 Å². The van der Waals surface area contributed by atoms with E-state index in [9.17, 15) is 0 Å². The predicted molar refractivity (Wildman–Crippen MR) is 72.0 cm³/mol. The second kappa shape index (κ2) is 3.96. The summed E-state index contributed by atoms with van der Waals surface area (Å²) in [6.45, 7) is 3.37. The maximum absolute atomic E-state index is 6.22. The van der Waals surface area contributed by atoms with Gasteiger partial charge in [0, 0.05) is 27.5 Å². The molecule has 0 saturated heterocycles. The molecule has 1 aliphatic heterocycles. The summed E-state index contributed by atoms with van der Waals surface area (Å²) < 4.78 is 6.49. The maximum Gasteiger partial charge on any atom is 0.0870 e. The molecule has 2 aromatic rings. The van der Waals surface area contributed by atoms with Gasteiger partial charge in [0.25, 0.3) is 0 Å². The summed E-state index contributed by atoms with van der Waals surface area (Å²) >= 11 is 3.59. The molecule has 0 amide bonds. The molecule has 0 saturated carbocycles. The van der Waals surface area contributed by atoms with E-state index in [0.717, 1.165) is 45.3 Å². The van der Waals surface area contributed by atoms with Crippen molar-refractivity contribution in [1.29, 1.82) is 0 Å². The largest absolute Gasteiger partial charge is 0.398 e. The van der Waals surface area contributed by atoms with Crippen molar-refractivity contribution >= 4 is 32.5 Å². The number of halogens is 1. The van der Waals surface area contributed by atoms with Gasteiger partial charge in [0.05, 0.1) is 24.4 Å². The molecule has 1 aromatic carbocycles. The second-order valence-corrected chi connectivity index (χ2v) is 5.14. The molecule has 17 heavy (non-hydrogen) atoms. The summed E-state index contributed by atoms with van der Waals surface area (Å²) in [7, 11) is 0. The molecule has 0 aliphatic carbocycles. The van der Waals surface area contributed by atoms with E-state index >= 15 is 0 Å². The Bertz CT molecular complexity index is 610. The van der Waals surface area contributed by atoms with Gasteiger partial charge in [-0.15, -0.1) is 0 Å². The van der Waals surface area contributed by atoms with E-state index in [1.165, 1.54) is 5.56 Å². The lowest BCUT2D eigenvalue weighted by Crippen LogP contribution is -2.14. The smallest absolute Gasteiger partial charge is 0.0870 e. The number of fused-ring (bicyclic) bond motifs is 2. The Morgan fingerprint density at radius 2 is 2.24 bits per heavy atom. The van der Waals surface area contributed by atoms with Crippen molar-refractivity contribution in [2.24, 2.45) is 0 Å². The number of nitrogens with zero attached hydrogens (tertiary/aromatic N) is 1. The molecule has 1 aliphatic rings. The number of anilines is 1. The Balaban J connectivity index is 2.40. The molecular formula is C13H13BrN2O. The van der Waals surface area contributed by atoms with E-state index < -0.39 is 0 Å². The van der Waals surface area contributed by atoms with Crippen LogP contribution in [0.5, 0.6) is 0 Å². The third-order valence-electron chi connectivity index (χ3n) is 3.25. The number of ether oxygens (including phenoxy) is 1. The number of nitrogens with two attached hydrogens (primary N) is 1. The van der Waals surface area contributed by atoms with Crippen molar-refractivity contribution in [3.05, 3.63) is 33.4 Å². The fourth-order valence-corrected chi connectivity index (χ4v) is 2.66. The summed E-state index contributed by atoms with van der Waals surface area (Å²) in [4.78, 5) is 4.73. The number of benzene rings is 1. The first kappa shape index (κ1) is 11.0. The van der Waals surface area contributed by atoms with Crippen LogP contribution in [0.1, 0.15) is 16.8 Å². The Hall–Kier alpha value is -1.13. The lowest BCUT2D eigenvalue weighted by molar-refractivity contribution is 0.110. The molecule has 88 valence electrons. The van der Waals surface area contributed by atoms with Crippen molar-refractivity contribution in [1.82, 2.24) is 4.98 Å². The first-order chi connectivity index (χ1) is 8.18. The number of hydrogen-bond acceptors (Lipinski definition) is 3. The van der Waals surface area contributed by atoms with Gasteiger partial charge in [0.15, 0.2) is 0 Å². The first-order valence-corrected chi connectivity index (χ1v) is 6.41. The number of aromatic nitrogens is 1. The molecule has 1 aromatic heterocycles. The highest BCUT2D eigenvalue weighted by molar-refractivity contribution is 9.10. The zero-order valence-electron chi connectivity index (χ0n) is 9.59. The highest BCUT2D eigenvalue weighted by atomic mass is 79.9. The normalized spacial score (nSPS) is 14.9. The quantitative estimate of drug-likeness (QED) is 0.812. The Morgan fingerprint density at radius 3 is 3.06 bits per heavy atom. The van der Waals surface area contributed by atoms with Gasteiger partial charge in [0.2, 0.25) is 0 Å². The SMILES string of the molecule is Cc1ccc2c(N)c3c(nc2c1Br)CCOC3. The number of rotatable bonds is 0. The predicted octanol–water partition coefficient (Wildman–Crippen LogP) is 2.96. The topological polar surface area (TPSA) is 48.1 Å². The van der Waals surface area contributed by atoms with E-state index in [-0.39, 0.29) is 0 Å². The zero-order valence-corrected chi connectivity index (χ0v) is 11.2. The molecule has 4 heteroatoms. The third kappa shape index (κ3) is 1.63. The molecular weight excluding hydrogens is 280 g/mol. The first-order valence-electron chi connectivity index (χ1n) is 5.62. The van der Waals surface area contributed by atoms with Gasteiger partial charge >= 0.3 is 0 Å². The summed E-state index contributed by atoms with van der Waals surface area (Å²) in [6.07, 6.45) is 0.843. The molecule has 0 spiro atoms. The fourth-order valence-electron chi connectivity index (χ4n) is 2.22. The average molecular weight is 293 g/mol. The number of aryl methyl sites for hydroxylation is 1. The Labute approximate surface area is 108 Å². The van der Waals surface area contributed by atoms with E-state index in [2.05, 4.69) is 28.9 Å². The molecule has 3 rings (SSSR count). The lowest BCUT2D eigenvalue weighted by atomic mass is 10.0. The van der Waals surface area contributed by atoms with Crippen LogP contribution in [0.3, 0.4) is 0 Å². The fraction of sp³-hybridized carbons (Fsp3) is 0.308. The van der Waals surface area contributed by atoms with Crippen LogP contribution in [0, 0.1) is 6.92 Å². The maximum atomic E-state index is 6.22. The van der Waals surface area contributed by atoms with Crippen LogP contribution in [0.25, 0.3) is 10.9 Å². The number of pyridine rings is 1. The molecule has 2 heterocycles. The summed E-state index contributed by atoms with van der Waals surface area (Å²) in [5, 5.41) is 1.01. The summed E-state index contributed by atoms with van der Waals surface area (Å²) in [5.41, 5.74) is 11.3. The van der Waals surface area contributed by atoms with E-state index in [0.29, 0.717) is 6.61 Å². The van der Waals surface area contributed by atoms with E-state index in [1.807, 2.05) is 6.07 Å². The minimum absolute atomic E-state index is 0.579. The lowest BCUT2D eigenvalue weighted by Gasteiger charge is -2.19. The van der Waals surface area contributed by atoms with Gasteiger partial charge in [-0.25, -0.2) is 0 Å². The van der Waals surface area contributed by atoms with Gasteiger partial charge in [0.1, 0.15) is 0 Å². The second-order valence-electron chi connectivity index (χ2n) is 4.35. The van der Waals surface area contributed by atoms with Crippen LogP contribution in [0.15, 0.2) is 16.6 Å². The number of nitrogen functional groups attached to an aromatic ring is 1.